The van der Waals surface area contributed by atoms with Gasteiger partial charge in [0.15, 0.2) is 0 Å². The Labute approximate surface area is 142 Å². The number of nitrogens with one attached hydrogen (secondary N) is 1. The molecular formula is C17H25BBrNO2. The zero-order valence-electron chi connectivity index (χ0n) is 14.3. The Bertz CT molecular complexity index is 568. The predicted octanol–water partition coefficient (Wildman–Crippen LogP) is 3.99. The van der Waals surface area contributed by atoms with Crippen LogP contribution in [0.3, 0.4) is 0 Å². The molecule has 0 spiro atoms. The van der Waals surface area contributed by atoms with Gasteiger partial charge in [-0.25, -0.2) is 0 Å². The Balaban J connectivity index is 2.35. The third-order valence-corrected chi connectivity index (χ3v) is 5.45. The average molecular weight is 366 g/mol. The van der Waals surface area contributed by atoms with Gasteiger partial charge >= 0.3 is 7.12 Å². The molecule has 0 amide bonds. The maximum absolute atomic E-state index is 6.18. The van der Waals surface area contributed by atoms with Crippen molar-refractivity contribution >= 4 is 29.1 Å². The fourth-order valence-corrected chi connectivity index (χ4v) is 2.76. The van der Waals surface area contributed by atoms with Crippen LogP contribution in [0.15, 0.2) is 28.1 Å². The van der Waals surface area contributed by atoms with E-state index in [9.17, 15) is 0 Å². The minimum Gasteiger partial charge on any atom is -0.400 e. The van der Waals surface area contributed by atoms with Crippen molar-refractivity contribution in [3.05, 3.63) is 39.3 Å². The van der Waals surface area contributed by atoms with Gasteiger partial charge in [0.25, 0.3) is 0 Å². The van der Waals surface area contributed by atoms with Crippen LogP contribution in [0.25, 0.3) is 6.08 Å². The Hall–Kier alpha value is -0.615. The number of hydrogen-bond donors (Lipinski definition) is 1. The number of benzene rings is 1. The van der Waals surface area contributed by atoms with E-state index in [2.05, 4.69) is 74.1 Å². The molecule has 0 saturated carbocycles. The summed E-state index contributed by atoms with van der Waals surface area (Å²) in [6.07, 6.45) is 2.17. The average Bonchev–Trinajstić information content (AvgIpc) is 2.63. The molecule has 1 saturated heterocycles. The second-order valence-corrected chi connectivity index (χ2v) is 7.65. The zero-order chi connectivity index (χ0) is 16.5. The smallest absolute Gasteiger partial charge is 0.400 e. The van der Waals surface area contributed by atoms with Crippen molar-refractivity contribution in [1.29, 1.82) is 0 Å². The van der Waals surface area contributed by atoms with Crippen LogP contribution in [0.4, 0.5) is 0 Å². The molecule has 1 N–H and O–H groups in total. The molecule has 1 heterocycles. The van der Waals surface area contributed by atoms with Gasteiger partial charge in [0.1, 0.15) is 0 Å². The lowest BCUT2D eigenvalue weighted by Gasteiger charge is -2.32. The van der Waals surface area contributed by atoms with Crippen LogP contribution in [-0.4, -0.2) is 31.9 Å². The van der Waals surface area contributed by atoms with Gasteiger partial charge in [-0.2, -0.15) is 0 Å². The lowest BCUT2D eigenvalue weighted by atomic mass is 9.76. The summed E-state index contributed by atoms with van der Waals surface area (Å²) >= 11 is 3.59. The molecule has 1 aromatic carbocycles. The molecule has 3 nitrogen and oxygen atoms in total. The molecule has 120 valence electrons. The van der Waals surface area contributed by atoms with E-state index in [4.69, 9.17) is 9.31 Å². The Kier molecular flexibility index (Phi) is 5.22. The number of hydrogen-bond acceptors (Lipinski definition) is 3. The van der Waals surface area contributed by atoms with E-state index < -0.39 is 0 Å². The van der Waals surface area contributed by atoms with Gasteiger partial charge < -0.3 is 14.6 Å². The van der Waals surface area contributed by atoms with Crippen molar-refractivity contribution in [2.75, 3.05) is 13.6 Å². The minimum absolute atomic E-state index is 0.323. The Morgan fingerprint density at radius 1 is 1.23 bits per heavy atom. The van der Waals surface area contributed by atoms with E-state index in [1.165, 1.54) is 11.1 Å². The van der Waals surface area contributed by atoms with Gasteiger partial charge in [-0.1, -0.05) is 34.1 Å². The maximum atomic E-state index is 6.18. The van der Waals surface area contributed by atoms with E-state index in [-0.39, 0.29) is 18.3 Å². The van der Waals surface area contributed by atoms with Crippen LogP contribution >= 0.6 is 15.9 Å². The number of rotatable bonds is 4. The highest BCUT2D eigenvalue weighted by molar-refractivity contribution is 9.10. The van der Waals surface area contributed by atoms with Crippen molar-refractivity contribution in [2.24, 2.45) is 0 Å². The van der Waals surface area contributed by atoms with Crippen LogP contribution in [0.1, 0.15) is 38.8 Å². The summed E-state index contributed by atoms with van der Waals surface area (Å²) in [4.78, 5) is 0. The summed E-state index contributed by atoms with van der Waals surface area (Å²) in [6, 6.07) is 6.21. The van der Waals surface area contributed by atoms with Gasteiger partial charge in [-0.05, 0) is 64.3 Å². The van der Waals surface area contributed by atoms with Gasteiger partial charge in [0.05, 0.1) is 11.2 Å². The van der Waals surface area contributed by atoms with Crippen molar-refractivity contribution in [3.8, 4) is 0 Å². The van der Waals surface area contributed by atoms with E-state index in [0.29, 0.717) is 0 Å². The maximum Gasteiger partial charge on any atom is 0.491 e. The first-order valence-electron chi connectivity index (χ1n) is 7.64. The molecule has 0 aliphatic carbocycles. The first-order chi connectivity index (χ1) is 10.2. The minimum atomic E-state index is -0.323. The summed E-state index contributed by atoms with van der Waals surface area (Å²) in [6.45, 7) is 11.1. The summed E-state index contributed by atoms with van der Waals surface area (Å²) in [7, 11) is 1.61. The number of likely N-dealkylation sites (N-methyl/N-ethyl adjacent to an activating group) is 1. The highest BCUT2D eigenvalue weighted by atomic mass is 79.9. The number of halogens is 1. The molecule has 0 atom stereocenters. The monoisotopic (exact) mass is 365 g/mol. The molecule has 2 rings (SSSR count). The molecule has 1 aliphatic heterocycles. The van der Waals surface area contributed by atoms with Crippen LogP contribution in [0, 0.1) is 6.92 Å². The van der Waals surface area contributed by atoms with E-state index in [1.54, 1.807) is 0 Å². The van der Waals surface area contributed by atoms with Crippen LogP contribution in [-0.2, 0) is 9.31 Å². The van der Waals surface area contributed by atoms with Crippen LogP contribution in [0.5, 0.6) is 0 Å². The van der Waals surface area contributed by atoms with Crippen LogP contribution in [0.2, 0.25) is 0 Å². The first kappa shape index (κ1) is 17.7. The van der Waals surface area contributed by atoms with Crippen molar-refractivity contribution < 1.29 is 9.31 Å². The molecule has 1 aromatic rings. The first-order valence-corrected chi connectivity index (χ1v) is 8.43. The van der Waals surface area contributed by atoms with Crippen molar-refractivity contribution in [2.45, 2.75) is 45.8 Å². The molecule has 1 aliphatic rings. The van der Waals surface area contributed by atoms with E-state index >= 15 is 0 Å². The molecule has 0 aromatic heterocycles. The van der Waals surface area contributed by atoms with Crippen molar-refractivity contribution in [1.82, 2.24) is 5.32 Å². The van der Waals surface area contributed by atoms with Gasteiger partial charge in [-0.3, -0.25) is 0 Å². The van der Waals surface area contributed by atoms with Gasteiger partial charge in [-0.15, -0.1) is 0 Å². The molecule has 0 unspecified atom stereocenters. The molecular weight excluding hydrogens is 341 g/mol. The third kappa shape index (κ3) is 3.48. The molecule has 5 heteroatoms. The normalized spacial score (nSPS) is 20.5. The molecule has 0 radical (unpaired) electrons. The fraction of sp³-hybridized carbons (Fsp3) is 0.529. The second kappa shape index (κ2) is 6.48. The second-order valence-electron chi connectivity index (χ2n) is 6.79. The summed E-state index contributed by atoms with van der Waals surface area (Å²) in [5.41, 5.74) is 2.84. The van der Waals surface area contributed by atoms with Crippen molar-refractivity contribution in [3.63, 3.8) is 0 Å². The molecule has 1 fully saturated rings. The Morgan fingerprint density at radius 3 is 2.36 bits per heavy atom. The standard InChI is InChI=1S/C17H25BBrNO2/c1-12-13(8-7-9-15(12)19)10-14(11-20-6)18-21-16(2,3)17(4,5)22-18/h7-10,20H,11H2,1-6H3. The SMILES string of the molecule is CNCC(=Cc1cccc(Br)c1C)B1OC(C)(C)C(C)(C)O1. The summed E-state index contributed by atoms with van der Waals surface area (Å²) in [5.74, 6) is 0. The third-order valence-electron chi connectivity index (χ3n) is 4.59. The van der Waals surface area contributed by atoms with E-state index in [0.717, 1.165) is 16.5 Å². The summed E-state index contributed by atoms with van der Waals surface area (Å²) < 4.78 is 13.5. The highest BCUT2D eigenvalue weighted by Gasteiger charge is 2.52. The van der Waals surface area contributed by atoms with Crippen LogP contribution < -0.4 is 5.32 Å². The predicted molar refractivity (Wildman–Crippen MR) is 96.9 cm³/mol. The largest absolute Gasteiger partial charge is 0.491 e. The quantitative estimate of drug-likeness (QED) is 0.818. The van der Waals surface area contributed by atoms with Gasteiger partial charge in [0.2, 0.25) is 0 Å². The zero-order valence-corrected chi connectivity index (χ0v) is 15.9. The lowest BCUT2D eigenvalue weighted by Crippen LogP contribution is -2.41. The molecule has 22 heavy (non-hydrogen) atoms. The van der Waals surface area contributed by atoms with Gasteiger partial charge in [0, 0.05) is 11.0 Å². The Morgan fingerprint density at radius 2 is 1.82 bits per heavy atom. The molecule has 0 bridgehead atoms. The fourth-order valence-electron chi connectivity index (χ4n) is 2.38. The summed E-state index contributed by atoms with van der Waals surface area (Å²) in [5, 5.41) is 3.21. The lowest BCUT2D eigenvalue weighted by molar-refractivity contribution is 0.00578. The topological polar surface area (TPSA) is 30.5 Å². The highest BCUT2D eigenvalue weighted by Crippen LogP contribution is 2.38. The van der Waals surface area contributed by atoms with E-state index in [1.807, 2.05) is 13.1 Å².